The minimum absolute atomic E-state index is 0.416. The largest absolute Gasteiger partial charge is 0.397 e. The topological polar surface area (TPSA) is 48.1 Å². The number of anilines is 1. The molecule has 2 N–H and O–H groups in total. The van der Waals surface area contributed by atoms with Gasteiger partial charge in [-0.15, -0.1) is 0 Å². The molecule has 0 spiro atoms. The van der Waals surface area contributed by atoms with Crippen LogP contribution in [0, 0.1) is 0 Å². The summed E-state index contributed by atoms with van der Waals surface area (Å²) in [5, 5.41) is 0.548. The normalized spacial score (nSPS) is 10.0. The molecule has 1 aromatic heterocycles. The van der Waals surface area contributed by atoms with Crippen molar-refractivity contribution in [3.05, 3.63) is 23.0 Å². The molecule has 0 radical (unpaired) electrons. The Morgan fingerprint density at radius 2 is 2.45 bits per heavy atom. The molecule has 0 aliphatic rings. The highest BCUT2D eigenvalue weighted by Gasteiger charge is 2.00. The number of rotatable bonds is 2. The van der Waals surface area contributed by atoms with Crippen molar-refractivity contribution in [3.63, 3.8) is 0 Å². The van der Waals surface area contributed by atoms with Crippen molar-refractivity contribution in [2.75, 3.05) is 12.8 Å². The fraction of sp³-hybridized carbons (Fsp3) is 0.286. The lowest BCUT2D eigenvalue weighted by molar-refractivity contribution is 0.181. The highest BCUT2D eigenvalue weighted by atomic mass is 35.5. The van der Waals surface area contributed by atoms with Gasteiger partial charge in [-0.2, -0.15) is 0 Å². The molecule has 0 saturated carbocycles. The van der Waals surface area contributed by atoms with Crippen LogP contribution in [0.1, 0.15) is 5.69 Å². The number of nitrogens with zero attached hydrogens (tertiary/aromatic N) is 1. The van der Waals surface area contributed by atoms with Crippen molar-refractivity contribution in [1.29, 1.82) is 0 Å². The lowest BCUT2D eigenvalue weighted by atomic mass is 10.3. The summed E-state index contributed by atoms with van der Waals surface area (Å²) in [6.07, 6.45) is 1.56. The van der Waals surface area contributed by atoms with Crippen LogP contribution in [0.4, 0.5) is 5.69 Å². The van der Waals surface area contributed by atoms with E-state index in [0.717, 1.165) is 0 Å². The van der Waals surface area contributed by atoms with E-state index in [4.69, 9.17) is 22.1 Å². The maximum absolute atomic E-state index is 5.79. The van der Waals surface area contributed by atoms with E-state index in [0.29, 0.717) is 23.0 Å². The van der Waals surface area contributed by atoms with Gasteiger partial charge in [0.25, 0.3) is 0 Å². The van der Waals surface area contributed by atoms with Gasteiger partial charge < -0.3 is 10.5 Å². The second-order valence-corrected chi connectivity index (χ2v) is 2.54. The quantitative estimate of drug-likeness (QED) is 0.735. The van der Waals surface area contributed by atoms with Crippen LogP contribution >= 0.6 is 11.6 Å². The number of hydrogen-bond acceptors (Lipinski definition) is 3. The number of hydrogen-bond donors (Lipinski definition) is 1. The maximum atomic E-state index is 5.79. The Hall–Kier alpha value is -0.800. The first-order valence-electron chi connectivity index (χ1n) is 3.13. The molecule has 0 unspecified atom stereocenters. The van der Waals surface area contributed by atoms with Crippen molar-refractivity contribution in [3.8, 4) is 0 Å². The predicted molar refractivity (Wildman–Crippen MR) is 44.4 cm³/mol. The van der Waals surface area contributed by atoms with Crippen molar-refractivity contribution in [2.45, 2.75) is 6.61 Å². The first-order valence-corrected chi connectivity index (χ1v) is 3.50. The molecule has 1 rings (SSSR count). The monoisotopic (exact) mass is 172 g/mol. The zero-order valence-corrected chi connectivity index (χ0v) is 6.93. The molecule has 0 aromatic carbocycles. The summed E-state index contributed by atoms with van der Waals surface area (Å²) in [7, 11) is 1.59. The van der Waals surface area contributed by atoms with Gasteiger partial charge in [-0.25, -0.2) is 0 Å². The smallest absolute Gasteiger partial charge is 0.0899 e. The summed E-state index contributed by atoms with van der Waals surface area (Å²) in [5.41, 5.74) is 6.71. The molecule has 0 amide bonds. The molecule has 3 nitrogen and oxygen atoms in total. The highest BCUT2D eigenvalue weighted by Crippen LogP contribution is 2.16. The summed E-state index contributed by atoms with van der Waals surface area (Å²) in [6.45, 7) is 0.416. The van der Waals surface area contributed by atoms with E-state index in [-0.39, 0.29) is 0 Å². The number of pyridine rings is 1. The number of aromatic nitrogens is 1. The summed E-state index contributed by atoms with van der Waals surface area (Å²) >= 11 is 5.79. The molecule has 60 valence electrons. The van der Waals surface area contributed by atoms with E-state index in [1.165, 1.54) is 0 Å². The fourth-order valence-electron chi connectivity index (χ4n) is 0.724. The molecule has 4 heteroatoms. The number of methoxy groups -OCH3 is 1. The molecule has 0 aliphatic carbocycles. The van der Waals surface area contributed by atoms with Gasteiger partial charge in [0.05, 0.1) is 29.2 Å². The van der Waals surface area contributed by atoms with E-state index in [1.807, 2.05) is 0 Å². The van der Waals surface area contributed by atoms with Crippen LogP contribution in [0.5, 0.6) is 0 Å². The lowest BCUT2D eigenvalue weighted by Crippen LogP contribution is -1.95. The van der Waals surface area contributed by atoms with Crippen LogP contribution in [0.3, 0.4) is 0 Å². The molecule has 1 heterocycles. The second kappa shape index (κ2) is 3.55. The van der Waals surface area contributed by atoms with Gasteiger partial charge in [0, 0.05) is 7.11 Å². The average Bonchev–Trinajstić information content (AvgIpc) is 1.95. The van der Waals surface area contributed by atoms with E-state index in [9.17, 15) is 0 Å². The van der Waals surface area contributed by atoms with E-state index in [2.05, 4.69) is 4.98 Å². The first kappa shape index (κ1) is 8.30. The fourth-order valence-corrected chi connectivity index (χ4v) is 0.953. The molecular formula is C7H9ClN2O. The minimum Gasteiger partial charge on any atom is -0.397 e. The summed E-state index contributed by atoms with van der Waals surface area (Å²) in [5.74, 6) is 0. The van der Waals surface area contributed by atoms with Crippen LogP contribution < -0.4 is 5.73 Å². The first-order chi connectivity index (χ1) is 5.24. The summed E-state index contributed by atoms with van der Waals surface area (Å²) < 4.78 is 4.86. The van der Waals surface area contributed by atoms with E-state index >= 15 is 0 Å². The molecule has 0 atom stereocenters. The van der Waals surface area contributed by atoms with Crippen LogP contribution in [0.2, 0.25) is 5.02 Å². The molecule has 1 aromatic rings. The van der Waals surface area contributed by atoms with Gasteiger partial charge in [0.2, 0.25) is 0 Å². The van der Waals surface area contributed by atoms with Gasteiger partial charge >= 0.3 is 0 Å². The van der Waals surface area contributed by atoms with Crippen molar-refractivity contribution in [1.82, 2.24) is 4.98 Å². The van der Waals surface area contributed by atoms with Gasteiger partial charge in [-0.1, -0.05) is 11.6 Å². The zero-order chi connectivity index (χ0) is 8.27. The number of nitrogen functional groups attached to an aromatic ring is 1. The van der Waals surface area contributed by atoms with Crippen LogP contribution in [-0.4, -0.2) is 12.1 Å². The third-order valence-electron chi connectivity index (χ3n) is 1.22. The van der Waals surface area contributed by atoms with Crippen LogP contribution in [-0.2, 0) is 11.3 Å². The predicted octanol–water partition coefficient (Wildman–Crippen LogP) is 1.46. The Morgan fingerprint density at radius 1 is 1.73 bits per heavy atom. The molecule has 0 fully saturated rings. The minimum atomic E-state index is 0.416. The summed E-state index contributed by atoms with van der Waals surface area (Å²) in [6, 6.07) is 1.66. The SMILES string of the molecule is COCc1ncc(N)cc1Cl. The van der Waals surface area contributed by atoms with Crippen molar-refractivity contribution < 1.29 is 4.74 Å². The third kappa shape index (κ3) is 2.06. The molecule has 0 saturated heterocycles. The van der Waals surface area contributed by atoms with Gasteiger partial charge in [0.1, 0.15) is 0 Å². The Balaban J connectivity index is 2.90. The average molecular weight is 173 g/mol. The van der Waals surface area contributed by atoms with E-state index < -0.39 is 0 Å². The van der Waals surface area contributed by atoms with Gasteiger partial charge in [0.15, 0.2) is 0 Å². The zero-order valence-electron chi connectivity index (χ0n) is 6.17. The molecule has 0 aliphatic heterocycles. The van der Waals surface area contributed by atoms with Crippen molar-refractivity contribution >= 4 is 17.3 Å². The molecule has 0 bridgehead atoms. The lowest BCUT2D eigenvalue weighted by Gasteiger charge is -2.01. The van der Waals surface area contributed by atoms with Crippen molar-refractivity contribution in [2.24, 2.45) is 0 Å². The second-order valence-electron chi connectivity index (χ2n) is 2.13. The van der Waals surface area contributed by atoms with Crippen LogP contribution in [0.15, 0.2) is 12.3 Å². The van der Waals surface area contributed by atoms with E-state index in [1.54, 1.807) is 19.4 Å². The Morgan fingerprint density at radius 3 is 3.00 bits per heavy atom. The van der Waals surface area contributed by atoms with Crippen LogP contribution in [0.25, 0.3) is 0 Å². The third-order valence-corrected chi connectivity index (χ3v) is 1.55. The maximum Gasteiger partial charge on any atom is 0.0899 e. The number of ether oxygens (including phenoxy) is 1. The number of nitrogens with two attached hydrogens (primary N) is 1. The van der Waals surface area contributed by atoms with Gasteiger partial charge in [-0.3, -0.25) is 4.98 Å². The summed E-state index contributed by atoms with van der Waals surface area (Å²) in [4.78, 5) is 3.99. The number of halogens is 1. The standard InChI is InChI=1S/C7H9ClN2O/c1-11-4-7-6(8)2-5(9)3-10-7/h2-3H,4,9H2,1H3. The highest BCUT2D eigenvalue weighted by molar-refractivity contribution is 6.31. The Labute approximate surface area is 70.1 Å². The Bertz CT molecular complexity index is 252. The molecule has 11 heavy (non-hydrogen) atoms. The molecular weight excluding hydrogens is 164 g/mol. The van der Waals surface area contributed by atoms with Gasteiger partial charge in [-0.05, 0) is 6.07 Å². The Kier molecular flexibility index (Phi) is 2.68.